The monoisotopic (exact) mass is 339 g/mol. The van der Waals surface area contributed by atoms with Gasteiger partial charge in [-0.2, -0.15) is 5.10 Å². The minimum Gasteiger partial charge on any atom is -0.349 e. The number of rotatable bonds is 4. The highest BCUT2D eigenvalue weighted by molar-refractivity contribution is 5.93. The maximum Gasteiger partial charge on any atom is 0.254 e. The Morgan fingerprint density at radius 1 is 1.32 bits per heavy atom. The van der Waals surface area contributed by atoms with Crippen LogP contribution in [0.1, 0.15) is 41.7 Å². The van der Waals surface area contributed by atoms with Gasteiger partial charge in [0.25, 0.3) is 5.91 Å². The average molecular weight is 339 g/mol. The van der Waals surface area contributed by atoms with Crippen LogP contribution >= 0.6 is 0 Å². The predicted octanol–water partition coefficient (Wildman–Crippen LogP) is 1.99. The van der Waals surface area contributed by atoms with E-state index in [0.717, 1.165) is 38.2 Å². The molecule has 6 nitrogen and oxygen atoms in total. The van der Waals surface area contributed by atoms with E-state index in [4.69, 9.17) is 0 Å². The molecule has 1 aliphatic heterocycles. The smallest absolute Gasteiger partial charge is 0.254 e. The average Bonchev–Trinajstić information content (AvgIpc) is 3.03. The van der Waals surface area contributed by atoms with Crippen molar-refractivity contribution < 1.29 is 4.79 Å². The Kier molecular flexibility index (Phi) is 4.29. The number of hydrogen-bond donors (Lipinski definition) is 1. The first kappa shape index (κ1) is 16.3. The summed E-state index contributed by atoms with van der Waals surface area (Å²) >= 11 is 0. The lowest BCUT2D eigenvalue weighted by Crippen LogP contribution is -2.54. The molecule has 2 aliphatic rings. The molecule has 2 fully saturated rings. The summed E-state index contributed by atoms with van der Waals surface area (Å²) < 4.78 is 1.66. The molecule has 1 aliphatic carbocycles. The Hall–Kier alpha value is -2.21. The normalized spacial score (nSPS) is 20.4. The zero-order valence-electron chi connectivity index (χ0n) is 14.7. The van der Waals surface area contributed by atoms with Crippen LogP contribution in [0.25, 0.3) is 0 Å². The van der Waals surface area contributed by atoms with Crippen LogP contribution in [0.5, 0.6) is 0 Å². The largest absolute Gasteiger partial charge is 0.349 e. The van der Waals surface area contributed by atoms with E-state index in [1.54, 1.807) is 17.1 Å². The van der Waals surface area contributed by atoms with Crippen LogP contribution in [0.3, 0.4) is 0 Å². The van der Waals surface area contributed by atoms with Gasteiger partial charge in [-0.05, 0) is 56.3 Å². The summed E-state index contributed by atoms with van der Waals surface area (Å²) in [6, 6.07) is 6.42. The summed E-state index contributed by atoms with van der Waals surface area (Å²) in [7, 11) is 1.83. The minimum absolute atomic E-state index is 0.000498. The van der Waals surface area contributed by atoms with E-state index in [1.165, 1.54) is 12.8 Å². The zero-order chi connectivity index (χ0) is 17.3. The van der Waals surface area contributed by atoms with Crippen molar-refractivity contribution in [1.82, 2.24) is 25.0 Å². The van der Waals surface area contributed by atoms with Gasteiger partial charge in [-0.1, -0.05) is 6.07 Å². The molecule has 1 saturated carbocycles. The number of piperidine rings is 1. The summed E-state index contributed by atoms with van der Waals surface area (Å²) in [6.45, 7) is 3.19. The van der Waals surface area contributed by atoms with Gasteiger partial charge in [-0.3, -0.25) is 19.4 Å². The van der Waals surface area contributed by atoms with Gasteiger partial charge in [0.15, 0.2) is 0 Å². The molecule has 4 rings (SSSR count). The topological polar surface area (TPSA) is 63.1 Å². The van der Waals surface area contributed by atoms with Crippen LogP contribution in [-0.2, 0) is 13.6 Å². The molecule has 0 radical (unpaired) electrons. The zero-order valence-corrected chi connectivity index (χ0v) is 14.7. The fraction of sp³-hybridized carbons (Fsp3) is 0.526. The number of nitrogens with zero attached hydrogens (tertiary/aromatic N) is 4. The van der Waals surface area contributed by atoms with Gasteiger partial charge in [0.05, 0.1) is 17.5 Å². The molecule has 2 aromatic heterocycles. The second-order valence-corrected chi connectivity index (χ2v) is 7.58. The third kappa shape index (κ3) is 3.58. The SMILES string of the molecule is Cn1cc(C(=O)NC2CC3(CCN(Cc4ccccn4)CC3)C2)cn1. The van der Waals surface area contributed by atoms with Crippen molar-refractivity contribution in [3.05, 3.63) is 48.0 Å². The molecule has 1 amide bonds. The maximum absolute atomic E-state index is 12.2. The third-order valence-corrected chi connectivity index (χ3v) is 5.69. The van der Waals surface area contributed by atoms with E-state index < -0.39 is 0 Å². The van der Waals surface area contributed by atoms with E-state index in [2.05, 4.69) is 32.4 Å². The number of hydrogen-bond acceptors (Lipinski definition) is 4. The molecule has 1 N–H and O–H groups in total. The van der Waals surface area contributed by atoms with E-state index in [1.807, 2.05) is 19.3 Å². The highest BCUT2D eigenvalue weighted by atomic mass is 16.1. The van der Waals surface area contributed by atoms with E-state index >= 15 is 0 Å². The lowest BCUT2D eigenvalue weighted by molar-refractivity contribution is 0.00436. The summed E-state index contributed by atoms with van der Waals surface area (Å²) in [5, 5.41) is 7.21. The molecule has 0 bridgehead atoms. The van der Waals surface area contributed by atoms with Gasteiger partial charge in [-0.15, -0.1) is 0 Å². The molecule has 0 unspecified atom stereocenters. The number of amides is 1. The summed E-state index contributed by atoms with van der Waals surface area (Å²) in [4.78, 5) is 19.1. The van der Waals surface area contributed by atoms with Crippen LogP contribution in [0.4, 0.5) is 0 Å². The van der Waals surface area contributed by atoms with Gasteiger partial charge in [0.1, 0.15) is 0 Å². The van der Waals surface area contributed by atoms with E-state index in [0.29, 0.717) is 17.0 Å². The Labute approximate surface area is 148 Å². The van der Waals surface area contributed by atoms with Crippen LogP contribution in [-0.4, -0.2) is 44.7 Å². The van der Waals surface area contributed by atoms with Crippen LogP contribution < -0.4 is 5.32 Å². The molecule has 0 aromatic carbocycles. The number of likely N-dealkylation sites (tertiary alicyclic amines) is 1. The standard InChI is InChI=1S/C19H25N5O/c1-23-13-15(12-21-23)18(25)22-17-10-19(11-17)5-8-24(9-6-19)14-16-4-2-3-7-20-16/h2-4,7,12-13,17H,5-6,8-11,14H2,1H3,(H,22,25). The van der Waals surface area contributed by atoms with Crippen LogP contribution in [0.2, 0.25) is 0 Å². The van der Waals surface area contributed by atoms with Crippen molar-refractivity contribution in [2.45, 2.75) is 38.3 Å². The molecule has 2 aromatic rings. The van der Waals surface area contributed by atoms with Gasteiger partial charge in [-0.25, -0.2) is 0 Å². The molecular weight excluding hydrogens is 314 g/mol. The third-order valence-electron chi connectivity index (χ3n) is 5.69. The van der Waals surface area contributed by atoms with Crippen molar-refractivity contribution in [2.24, 2.45) is 12.5 Å². The molecular formula is C19H25N5O. The van der Waals surface area contributed by atoms with E-state index in [-0.39, 0.29) is 5.91 Å². The van der Waals surface area contributed by atoms with Crippen molar-refractivity contribution in [1.29, 1.82) is 0 Å². The predicted molar refractivity (Wildman–Crippen MR) is 94.9 cm³/mol. The van der Waals surface area contributed by atoms with Crippen LogP contribution in [0, 0.1) is 5.41 Å². The number of aromatic nitrogens is 3. The van der Waals surface area contributed by atoms with Crippen molar-refractivity contribution in [3.8, 4) is 0 Å². The Balaban J connectivity index is 1.23. The molecule has 6 heteroatoms. The van der Waals surface area contributed by atoms with Crippen molar-refractivity contribution in [3.63, 3.8) is 0 Å². The highest BCUT2D eigenvalue weighted by Crippen LogP contribution is 2.49. The lowest BCUT2D eigenvalue weighted by Gasteiger charge is -2.52. The number of carbonyl (C=O) groups is 1. The van der Waals surface area contributed by atoms with E-state index in [9.17, 15) is 4.79 Å². The first-order valence-corrected chi connectivity index (χ1v) is 9.04. The quantitative estimate of drug-likeness (QED) is 0.925. The molecule has 3 heterocycles. The Morgan fingerprint density at radius 3 is 2.76 bits per heavy atom. The summed E-state index contributed by atoms with van der Waals surface area (Å²) in [5.74, 6) is 0.000498. The van der Waals surface area contributed by atoms with Gasteiger partial charge in [0, 0.05) is 32.0 Å². The highest BCUT2D eigenvalue weighted by Gasteiger charge is 2.46. The first-order valence-electron chi connectivity index (χ1n) is 9.04. The van der Waals surface area contributed by atoms with Gasteiger partial charge < -0.3 is 5.32 Å². The fourth-order valence-corrected chi connectivity index (χ4v) is 4.21. The van der Waals surface area contributed by atoms with Crippen molar-refractivity contribution >= 4 is 5.91 Å². The maximum atomic E-state index is 12.2. The van der Waals surface area contributed by atoms with Crippen molar-refractivity contribution in [2.75, 3.05) is 13.1 Å². The molecule has 25 heavy (non-hydrogen) atoms. The fourth-order valence-electron chi connectivity index (χ4n) is 4.21. The second-order valence-electron chi connectivity index (χ2n) is 7.58. The van der Waals surface area contributed by atoms with Gasteiger partial charge >= 0.3 is 0 Å². The number of pyridine rings is 1. The Morgan fingerprint density at radius 2 is 2.12 bits per heavy atom. The van der Waals surface area contributed by atoms with Gasteiger partial charge in [0.2, 0.25) is 0 Å². The molecule has 1 saturated heterocycles. The first-order chi connectivity index (χ1) is 12.1. The lowest BCUT2D eigenvalue weighted by atomic mass is 9.60. The summed E-state index contributed by atoms with van der Waals surface area (Å²) in [5.41, 5.74) is 2.23. The van der Waals surface area contributed by atoms with Crippen LogP contribution in [0.15, 0.2) is 36.8 Å². The number of carbonyl (C=O) groups excluding carboxylic acids is 1. The second kappa shape index (κ2) is 6.59. The molecule has 0 atom stereocenters. The molecule has 132 valence electrons. The number of aryl methyl sites for hydroxylation is 1. The summed E-state index contributed by atoms with van der Waals surface area (Å²) in [6.07, 6.45) is 9.91. The Bertz CT molecular complexity index is 725. The molecule has 1 spiro atoms. The minimum atomic E-state index is 0.000498. The number of nitrogens with one attached hydrogen (secondary N) is 1.